The van der Waals surface area contributed by atoms with E-state index in [9.17, 15) is 5.21 Å². The van der Waals surface area contributed by atoms with Crippen LogP contribution in [0.2, 0.25) is 0 Å². The smallest absolute Gasteiger partial charge is 0.0770 e. The summed E-state index contributed by atoms with van der Waals surface area (Å²) in [5.74, 6) is 0.739. The van der Waals surface area contributed by atoms with Crippen LogP contribution in [0.5, 0.6) is 0 Å². The van der Waals surface area contributed by atoms with E-state index in [0.29, 0.717) is 5.06 Å². The fourth-order valence-corrected chi connectivity index (χ4v) is 1.29. The lowest BCUT2D eigenvalue weighted by molar-refractivity contribution is -0.854. The maximum Gasteiger partial charge on any atom is 0.0770 e. The second-order valence-corrected chi connectivity index (χ2v) is 2.77. The molecule has 0 atom stereocenters. The summed E-state index contributed by atoms with van der Waals surface area (Å²) in [6.07, 6.45) is 3.18. The molecule has 0 saturated carbocycles. The average molecular weight is 128 g/mol. The summed E-state index contributed by atoms with van der Waals surface area (Å²) in [4.78, 5) is 0. The first-order valence-corrected chi connectivity index (χ1v) is 3.64. The van der Waals surface area contributed by atoms with E-state index in [2.05, 4.69) is 6.92 Å². The Balaban J connectivity index is 2.18. The van der Waals surface area contributed by atoms with Crippen molar-refractivity contribution in [3.8, 4) is 0 Å². The summed E-state index contributed by atoms with van der Waals surface area (Å²) >= 11 is 0. The molecule has 2 nitrogen and oxygen atoms in total. The van der Waals surface area contributed by atoms with Crippen molar-refractivity contribution < 1.29 is 5.06 Å². The van der Waals surface area contributed by atoms with Crippen molar-refractivity contribution in [1.82, 2.24) is 0 Å². The Morgan fingerprint density at radius 3 is 2.44 bits per heavy atom. The van der Waals surface area contributed by atoms with E-state index >= 15 is 0 Å². The molecule has 1 N–H and O–H groups in total. The van der Waals surface area contributed by atoms with Gasteiger partial charge in [0.05, 0.1) is 13.1 Å². The third-order valence-electron chi connectivity index (χ3n) is 2.07. The molecule has 1 heterocycles. The molecule has 2 heteroatoms. The van der Waals surface area contributed by atoms with Gasteiger partial charge in [-0.15, -0.1) is 0 Å². The van der Waals surface area contributed by atoms with Gasteiger partial charge in [-0.25, -0.2) is 0 Å². The van der Waals surface area contributed by atoms with Gasteiger partial charge in [0.15, 0.2) is 0 Å². The van der Waals surface area contributed by atoms with Crippen molar-refractivity contribution in [1.29, 1.82) is 0 Å². The largest absolute Gasteiger partial charge is 0.634 e. The topological polar surface area (TPSA) is 27.5 Å². The van der Waals surface area contributed by atoms with Crippen molar-refractivity contribution in [2.75, 3.05) is 13.1 Å². The zero-order chi connectivity index (χ0) is 6.69. The highest BCUT2D eigenvalue weighted by molar-refractivity contribution is 4.62. The van der Waals surface area contributed by atoms with Gasteiger partial charge in [-0.2, -0.15) is 0 Å². The SMILES string of the molecule is [CH2]CC1CC[NH+]([O-])CC1. The monoisotopic (exact) mass is 128 g/mol. The number of hydrogen-bond acceptors (Lipinski definition) is 1. The van der Waals surface area contributed by atoms with Crippen LogP contribution in [0.4, 0.5) is 0 Å². The Labute approximate surface area is 56.4 Å². The van der Waals surface area contributed by atoms with E-state index < -0.39 is 0 Å². The summed E-state index contributed by atoms with van der Waals surface area (Å²) in [5, 5.41) is 11.1. The summed E-state index contributed by atoms with van der Waals surface area (Å²) in [7, 11) is 0. The molecule has 0 bridgehead atoms. The standard InChI is InChI=1S/C7H14NO/c1-2-7-3-5-8(9)6-4-7/h7-8H,1-6H2. The highest BCUT2D eigenvalue weighted by Gasteiger charge is 2.14. The molecule has 53 valence electrons. The molecule has 1 aliphatic heterocycles. The van der Waals surface area contributed by atoms with Crippen LogP contribution in [0.25, 0.3) is 0 Å². The number of nitrogens with one attached hydrogen (secondary N) is 1. The van der Waals surface area contributed by atoms with Crippen LogP contribution in [0.1, 0.15) is 19.3 Å². The molecule has 9 heavy (non-hydrogen) atoms. The van der Waals surface area contributed by atoms with Crippen molar-refractivity contribution in [3.05, 3.63) is 12.1 Å². The van der Waals surface area contributed by atoms with Gasteiger partial charge in [0.1, 0.15) is 0 Å². The normalized spacial score (nSPS) is 36.7. The number of quaternary nitrogens is 1. The molecular weight excluding hydrogens is 114 g/mol. The van der Waals surface area contributed by atoms with Crippen molar-refractivity contribution in [2.24, 2.45) is 5.92 Å². The first-order valence-electron chi connectivity index (χ1n) is 3.64. The van der Waals surface area contributed by atoms with Crippen LogP contribution in [0, 0.1) is 18.0 Å². The van der Waals surface area contributed by atoms with E-state index in [1.807, 2.05) is 0 Å². The molecule has 1 saturated heterocycles. The zero-order valence-electron chi connectivity index (χ0n) is 5.73. The maximum absolute atomic E-state index is 10.7. The fourth-order valence-electron chi connectivity index (χ4n) is 1.29. The Morgan fingerprint density at radius 1 is 1.44 bits per heavy atom. The Hall–Kier alpha value is -0.0800. The molecule has 0 aromatic carbocycles. The minimum Gasteiger partial charge on any atom is -0.634 e. The first kappa shape index (κ1) is 7.03. The van der Waals surface area contributed by atoms with E-state index in [-0.39, 0.29) is 0 Å². The lowest BCUT2D eigenvalue weighted by atomic mass is 9.96. The summed E-state index contributed by atoms with van der Waals surface area (Å²) in [6.45, 7) is 5.43. The molecule has 1 fully saturated rings. The zero-order valence-corrected chi connectivity index (χ0v) is 5.73. The molecule has 0 spiro atoms. The molecule has 1 radical (unpaired) electrons. The van der Waals surface area contributed by atoms with Gasteiger partial charge in [-0.1, -0.05) is 13.3 Å². The molecule has 1 rings (SSSR count). The molecule has 0 aromatic heterocycles. The summed E-state index contributed by atoms with van der Waals surface area (Å²) in [6, 6.07) is 0. The number of hydrogen-bond donors (Lipinski definition) is 1. The number of rotatable bonds is 1. The Bertz CT molecular complexity index is 77.0. The first-order chi connectivity index (χ1) is 4.33. The molecule has 0 amide bonds. The van der Waals surface area contributed by atoms with Crippen LogP contribution in [-0.2, 0) is 0 Å². The lowest BCUT2D eigenvalue weighted by Gasteiger charge is -2.30. The molecule has 1 aliphatic rings. The van der Waals surface area contributed by atoms with Gasteiger partial charge in [-0.3, -0.25) is 0 Å². The molecule has 0 aliphatic carbocycles. The van der Waals surface area contributed by atoms with E-state index in [1.54, 1.807) is 0 Å². The summed E-state index contributed by atoms with van der Waals surface area (Å²) < 4.78 is 0. The second kappa shape index (κ2) is 3.18. The predicted molar refractivity (Wildman–Crippen MR) is 36.8 cm³/mol. The van der Waals surface area contributed by atoms with Gasteiger partial charge in [-0.05, 0) is 18.8 Å². The minimum atomic E-state index is 0.444. The average Bonchev–Trinajstić information content (AvgIpc) is 1.90. The van der Waals surface area contributed by atoms with Crippen LogP contribution >= 0.6 is 0 Å². The molecule has 0 unspecified atom stereocenters. The maximum atomic E-state index is 10.7. The quantitative estimate of drug-likeness (QED) is 0.495. The third-order valence-corrected chi connectivity index (χ3v) is 2.07. The van der Waals surface area contributed by atoms with E-state index in [4.69, 9.17) is 0 Å². The van der Waals surface area contributed by atoms with Gasteiger partial charge >= 0.3 is 0 Å². The van der Waals surface area contributed by atoms with Crippen LogP contribution in [0.15, 0.2) is 0 Å². The molecular formula is C7H14NO. The fraction of sp³-hybridized carbons (Fsp3) is 0.857. The van der Waals surface area contributed by atoms with Crippen LogP contribution in [0.3, 0.4) is 0 Å². The van der Waals surface area contributed by atoms with Gasteiger partial charge in [0.2, 0.25) is 0 Å². The van der Waals surface area contributed by atoms with E-state index in [1.165, 1.54) is 0 Å². The van der Waals surface area contributed by atoms with Crippen LogP contribution < -0.4 is 5.06 Å². The van der Waals surface area contributed by atoms with Crippen molar-refractivity contribution in [3.63, 3.8) is 0 Å². The summed E-state index contributed by atoms with van der Waals surface area (Å²) in [5.41, 5.74) is 0. The van der Waals surface area contributed by atoms with Crippen molar-refractivity contribution in [2.45, 2.75) is 19.3 Å². The van der Waals surface area contributed by atoms with Gasteiger partial charge < -0.3 is 10.3 Å². The third kappa shape index (κ3) is 1.95. The van der Waals surface area contributed by atoms with E-state index in [0.717, 1.165) is 38.3 Å². The van der Waals surface area contributed by atoms with Crippen LogP contribution in [-0.4, -0.2) is 13.1 Å². The number of hydroxylamine groups is 2. The lowest BCUT2D eigenvalue weighted by Crippen LogP contribution is -3.08. The van der Waals surface area contributed by atoms with Gasteiger partial charge in [0, 0.05) is 0 Å². The highest BCUT2D eigenvalue weighted by Crippen LogP contribution is 2.11. The Morgan fingerprint density at radius 2 is 2.00 bits per heavy atom. The Kier molecular flexibility index (Phi) is 2.49. The predicted octanol–water partition coefficient (Wildman–Crippen LogP) is 0.00329. The number of piperidine rings is 1. The van der Waals surface area contributed by atoms with Gasteiger partial charge in [0.25, 0.3) is 0 Å². The minimum absolute atomic E-state index is 0.444. The van der Waals surface area contributed by atoms with Crippen molar-refractivity contribution >= 4 is 0 Å². The highest BCUT2D eigenvalue weighted by atomic mass is 16.5. The second-order valence-electron chi connectivity index (χ2n) is 2.77. The molecule has 0 aromatic rings.